The number of anilines is 6. The molecule has 0 radical (unpaired) electrons. The van der Waals surface area contributed by atoms with E-state index in [1.54, 1.807) is 0 Å². The van der Waals surface area contributed by atoms with Crippen LogP contribution >= 0.6 is 0 Å². The third kappa shape index (κ3) is 6.56. The Balaban J connectivity index is 0.918. The second kappa shape index (κ2) is 17.4. The predicted molar refractivity (Wildman–Crippen MR) is 372 cm³/mol. The molecule has 6 nitrogen and oxygen atoms in total. The standard InChI is InChI=1S/C82H58N4O2/c1-81(2,3)61-41-37-47-21-7-9-23-49(47)75(61)85(67-33-19-29-55-51-25-13-17-35-71(51)87-79(55)67)65-43-39-53-59-45-70-60(46-69(59)83-63-31-15-11-27-57(63)73(65)77(53)83)54-40-44-66(74-58-28-12-16-32-64(58)84(70)78(54)74)86(68-34-20-30-56-52-26-14-18-36-72(52)88-80(56)68)76-50-24-10-8-22-48(50)38-42-62(76)82(4,5)6/h7-46H,1-6H3. The van der Waals surface area contributed by atoms with Gasteiger partial charge in [-0.3, -0.25) is 0 Å². The highest BCUT2D eigenvalue weighted by molar-refractivity contribution is 6.33. The molecule has 6 heterocycles. The summed E-state index contributed by atoms with van der Waals surface area (Å²) in [6.45, 7) is 14.0. The van der Waals surface area contributed by atoms with Crippen LogP contribution in [-0.2, 0) is 10.8 Å². The number of rotatable bonds is 6. The number of aromatic nitrogens is 2. The molecule has 0 N–H and O–H groups in total. The molecule has 0 amide bonds. The van der Waals surface area contributed by atoms with Crippen molar-refractivity contribution in [3.63, 3.8) is 0 Å². The van der Waals surface area contributed by atoms with E-state index >= 15 is 0 Å². The van der Waals surface area contributed by atoms with Gasteiger partial charge in [0.15, 0.2) is 11.2 Å². The van der Waals surface area contributed by atoms with Gasteiger partial charge in [-0.1, -0.05) is 224 Å². The molecule has 418 valence electrons. The maximum atomic E-state index is 7.03. The van der Waals surface area contributed by atoms with Crippen LogP contribution in [0.1, 0.15) is 52.7 Å². The highest BCUT2D eigenvalue weighted by Crippen LogP contribution is 2.56. The quantitative estimate of drug-likeness (QED) is 0.166. The summed E-state index contributed by atoms with van der Waals surface area (Å²) < 4.78 is 19.2. The molecular formula is C82H58N4O2. The molecule has 0 aliphatic heterocycles. The van der Waals surface area contributed by atoms with Gasteiger partial charge in [-0.15, -0.1) is 0 Å². The lowest BCUT2D eigenvalue weighted by atomic mass is 9.83. The van der Waals surface area contributed by atoms with Crippen molar-refractivity contribution in [2.24, 2.45) is 0 Å². The van der Waals surface area contributed by atoms with Crippen LogP contribution in [0.4, 0.5) is 34.1 Å². The minimum atomic E-state index is -0.214. The lowest BCUT2D eigenvalue weighted by Gasteiger charge is -2.33. The summed E-state index contributed by atoms with van der Waals surface area (Å²) in [5, 5.41) is 18.8. The zero-order valence-electron chi connectivity index (χ0n) is 49.7. The van der Waals surface area contributed by atoms with Crippen molar-refractivity contribution in [1.29, 1.82) is 0 Å². The number of furan rings is 2. The van der Waals surface area contributed by atoms with Crippen LogP contribution in [0, 0.1) is 0 Å². The maximum absolute atomic E-state index is 7.03. The Morgan fingerprint density at radius 3 is 1.09 bits per heavy atom. The van der Waals surface area contributed by atoms with Gasteiger partial charge in [-0.05, 0) is 93.4 Å². The molecule has 0 spiro atoms. The summed E-state index contributed by atoms with van der Waals surface area (Å²) in [6, 6.07) is 89.9. The van der Waals surface area contributed by atoms with E-state index in [0.29, 0.717) is 0 Å². The van der Waals surface area contributed by atoms with Crippen molar-refractivity contribution in [3.8, 4) is 0 Å². The summed E-state index contributed by atoms with van der Waals surface area (Å²) in [5.41, 5.74) is 19.2. The van der Waals surface area contributed by atoms with Crippen LogP contribution in [0.3, 0.4) is 0 Å². The second-order valence-corrected chi connectivity index (χ2v) is 26.3. The molecule has 0 unspecified atom stereocenters. The Bertz CT molecular complexity index is 5800. The summed E-state index contributed by atoms with van der Waals surface area (Å²) in [7, 11) is 0. The van der Waals surface area contributed by atoms with Crippen molar-refractivity contribution < 1.29 is 8.83 Å². The van der Waals surface area contributed by atoms with Gasteiger partial charge in [0.1, 0.15) is 11.2 Å². The van der Waals surface area contributed by atoms with E-state index in [-0.39, 0.29) is 10.8 Å². The van der Waals surface area contributed by atoms with Crippen LogP contribution < -0.4 is 9.80 Å². The lowest BCUT2D eigenvalue weighted by Crippen LogP contribution is -2.20. The van der Waals surface area contributed by atoms with Crippen molar-refractivity contribution in [3.05, 3.63) is 254 Å². The Hall–Kier alpha value is -10.8. The Morgan fingerprint density at radius 1 is 0.284 bits per heavy atom. The van der Waals surface area contributed by atoms with Gasteiger partial charge in [0, 0.05) is 75.4 Å². The van der Waals surface area contributed by atoms with E-state index in [9.17, 15) is 0 Å². The van der Waals surface area contributed by atoms with Crippen molar-refractivity contribution in [2.75, 3.05) is 9.80 Å². The predicted octanol–water partition coefficient (Wildman–Crippen LogP) is 23.6. The summed E-state index contributed by atoms with van der Waals surface area (Å²) >= 11 is 0. The van der Waals surface area contributed by atoms with Crippen LogP contribution in [0.25, 0.3) is 142 Å². The SMILES string of the molecule is CC(C)(C)c1ccc2ccccc2c1N(c1cccc2c1oc1ccccc12)c1ccc2c3cc4c(cc3n3c5ccccc5c1c23)c1ccc(N(c2c(C(C)(C)C)ccc3ccccc23)c2cccc3c2oc2ccccc23)c2c3ccccc3n4c12. The molecule has 19 rings (SSSR count). The van der Waals surface area contributed by atoms with Gasteiger partial charge in [-0.25, -0.2) is 0 Å². The Morgan fingerprint density at radius 2 is 0.659 bits per heavy atom. The zero-order valence-corrected chi connectivity index (χ0v) is 49.7. The van der Waals surface area contributed by atoms with E-state index in [4.69, 9.17) is 8.83 Å². The van der Waals surface area contributed by atoms with Gasteiger partial charge < -0.3 is 27.4 Å². The number of benzene rings is 13. The average molecular weight is 1130 g/mol. The second-order valence-electron chi connectivity index (χ2n) is 26.3. The largest absolute Gasteiger partial charge is 0.454 e. The summed E-state index contributed by atoms with van der Waals surface area (Å²) in [4.78, 5) is 5.09. The molecule has 19 aromatic rings. The van der Waals surface area contributed by atoms with Gasteiger partial charge >= 0.3 is 0 Å². The van der Waals surface area contributed by atoms with Crippen LogP contribution in [-0.4, -0.2) is 8.80 Å². The normalized spacial score (nSPS) is 12.9. The molecule has 88 heavy (non-hydrogen) atoms. The monoisotopic (exact) mass is 1130 g/mol. The average Bonchev–Trinajstić information content (AvgIpc) is 1.51. The van der Waals surface area contributed by atoms with E-state index in [1.165, 1.54) is 109 Å². The molecular weight excluding hydrogens is 1070 g/mol. The van der Waals surface area contributed by atoms with Crippen LogP contribution in [0.15, 0.2) is 251 Å². The number of hydrogen-bond acceptors (Lipinski definition) is 4. The number of hydrogen-bond donors (Lipinski definition) is 0. The molecule has 13 aromatic carbocycles. The first kappa shape index (κ1) is 49.4. The van der Waals surface area contributed by atoms with Crippen molar-refractivity contribution >= 4 is 176 Å². The van der Waals surface area contributed by atoms with Crippen molar-refractivity contribution in [2.45, 2.75) is 52.4 Å². The minimum absolute atomic E-state index is 0.214. The third-order valence-corrected chi connectivity index (χ3v) is 19.4. The molecule has 0 saturated heterocycles. The fourth-order valence-electron chi connectivity index (χ4n) is 15.6. The van der Waals surface area contributed by atoms with Crippen molar-refractivity contribution in [1.82, 2.24) is 8.80 Å². The maximum Gasteiger partial charge on any atom is 0.159 e. The van der Waals surface area contributed by atoms with E-state index in [0.717, 1.165) is 78.0 Å². The molecule has 0 fully saturated rings. The molecule has 0 bridgehead atoms. The molecule has 6 heteroatoms. The number of fused-ring (bicyclic) bond motifs is 20. The number of nitrogens with zero attached hydrogens (tertiary/aromatic N) is 4. The third-order valence-electron chi connectivity index (χ3n) is 19.4. The topological polar surface area (TPSA) is 41.6 Å². The summed E-state index contributed by atoms with van der Waals surface area (Å²) in [6.07, 6.45) is 0. The lowest BCUT2D eigenvalue weighted by molar-refractivity contribution is 0.591. The van der Waals surface area contributed by atoms with Gasteiger partial charge in [0.05, 0.1) is 67.2 Å². The van der Waals surface area contributed by atoms with E-state index in [2.05, 4.69) is 303 Å². The Labute approximate surface area is 506 Å². The fraction of sp³-hybridized carbons (Fsp3) is 0.0976. The van der Waals surface area contributed by atoms with Crippen LogP contribution in [0.2, 0.25) is 0 Å². The van der Waals surface area contributed by atoms with E-state index < -0.39 is 0 Å². The first-order valence-corrected chi connectivity index (χ1v) is 30.7. The molecule has 0 aliphatic rings. The molecule has 6 aromatic heterocycles. The minimum Gasteiger partial charge on any atom is -0.454 e. The Kier molecular flexibility index (Phi) is 9.79. The first-order chi connectivity index (χ1) is 43.0. The molecule has 0 aliphatic carbocycles. The summed E-state index contributed by atoms with van der Waals surface area (Å²) in [5.74, 6) is 0. The molecule has 0 saturated carbocycles. The first-order valence-electron chi connectivity index (χ1n) is 30.7. The smallest absolute Gasteiger partial charge is 0.159 e. The van der Waals surface area contributed by atoms with Crippen LogP contribution in [0.5, 0.6) is 0 Å². The van der Waals surface area contributed by atoms with Gasteiger partial charge in [0.25, 0.3) is 0 Å². The highest BCUT2D eigenvalue weighted by atomic mass is 16.3. The fourth-order valence-corrected chi connectivity index (χ4v) is 15.6. The number of para-hydroxylation sites is 6. The van der Waals surface area contributed by atoms with E-state index in [1.807, 2.05) is 0 Å². The van der Waals surface area contributed by atoms with Gasteiger partial charge in [-0.2, -0.15) is 0 Å². The van der Waals surface area contributed by atoms with Gasteiger partial charge in [0.2, 0.25) is 0 Å². The highest BCUT2D eigenvalue weighted by Gasteiger charge is 2.34. The molecule has 0 atom stereocenters. The zero-order chi connectivity index (χ0) is 58.6.